The van der Waals surface area contributed by atoms with Crippen molar-refractivity contribution in [1.82, 2.24) is 10.2 Å². The Morgan fingerprint density at radius 1 is 1.09 bits per heavy atom. The van der Waals surface area contributed by atoms with Crippen LogP contribution >= 0.6 is 0 Å². The van der Waals surface area contributed by atoms with E-state index in [1.165, 1.54) is 12.0 Å². The quantitative estimate of drug-likeness (QED) is 0.649. The average Bonchev–Trinajstić information content (AvgIpc) is 3.16. The number of rotatable bonds is 7. The number of amides is 2. The molecule has 1 heterocycles. The Kier molecular flexibility index (Phi) is 7.17. The van der Waals surface area contributed by atoms with E-state index in [2.05, 4.69) is 17.4 Å². The second kappa shape index (κ2) is 10.3. The van der Waals surface area contributed by atoms with Crippen LogP contribution in [0.5, 0.6) is 0 Å². The number of nitrogens with one attached hydrogen (secondary N) is 1. The molecule has 8 nitrogen and oxygen atoms in total. The summed E-state index contributed by atoms with van der Waals surface area (Å²) in [5.41, 5.74) is 4.50. The Balaban J connectivity index is 1.35. The maximum Gasteiger partial charge on any atom is 0.407 e. The maximum absolute atomic E-state index is 13.0. The molecule has 2 aliphatic rings. The number of aliphatic carboxylic acids is 1. The molecule has 2 aromatic carbocycles. The number of hydrogen-bond acceptors (Lipinski definition) is 5. The molecule has 0 radical (unpaired) electrons. The minimum Gasteiger partial charge on any atom is -0.480 e. The van der Waals surface area contributed by atoms with Gasteiger partial charge in [-0.2, -0.15) is 0 Å². The molecule has 1 saturated heterocycles. The fourth-order valence-electron chi connectivity index (χ4n) is 4.92. The van der Waals surface area contributed by atoms with Gasteiger partial charge in [0.2, 0.25) is 0 Å². The van der Waals surface area contributed by atoms with E-state index in [1.807, 2.05) is 43.3 Å². The Hall–Kier alpha value is -3.39. The number of ether oxygens (including phenoxy) is 2. The first-order chi connectivity index (χ1) is 16.4. The van der Waals surface area contributed by atoms with E-state index in [4.69, 9.17) is 9.47 Å². The summed E-state index contributed by atoms with van der Waals surface area (Å²) < 4.78 is 10.8. The van der Waals surface area contributed by atoms with Crippen LogP contribution in [0.4, 0.5) is 4.79 Å². The van der Waals surface area contributed by atoms with E-state index in [1.54, 1.807) is 0 Å². The highest BCUT2D eigenvalue weighted by molar-refractivity contribution is 5.87. The highest BCUT2D eigenvalue weighted by atomic mass is 16.5. The lowest BCUT2D eigenvalue weighted by atomic mass is 9.92. The van der Waals surface area contributed by atoms with Crippen molar-refractivity contribution in [3.05, 3.63) is 59.7 Å². The lowest BCUT2D eigenvalue weighted by Gasteiger charge is -2.37. The molecule has 0 aromatic heterocycles. The van der Waals surface area contributed by atoms with Gasteiger partial charge < -0.3 is 24.8 Å². The van der Waals surface area contributed by atoms with Crippen LogP contribution in [0.2, 0.25) is 0 Å². The van der Waals surface area contributed by atoms with Gasteiger partial charge in [0.05, 0.1) is 6.54 Å². The molecule has 0 bridgehead atoms. The summed E-state index contributed by atoms with van der Waals surface area (Å²) >= 11 is 0. The molecular formula is C26H30N2O6. The number of benzene rings is 2. The molecule has 1 aliphatic carbocycles. The molecule has 2 N–H and O–H groups in total. The van der Waals surface area contributed by atoms with Crippen molar-refractivity contribution in [3.8, 4) is 11.1 Å². The zero-order valence-corrected chi connectivity index (χ0v) is 19.4. The fourth-order valence-corrected chi connectivity index (χ4v) is 4.92. The number of likely N-dealkylation sites (tertiary alicyclic amines) is 1. The first kappa shape index (κ1) is 23.8. The van der Waals surface area contributed by atoms with E-state index in [9.17, 15) is 19.5 Å². The Labute approximate surface area is 198 Å². The summed E-state index contributed by atoms with van der Waals surface area (Å²) in [6.07, 6.45) is -0.516. The summed E-state index contributed by atoms with van der Waals surface area (Å²) in [6.45, 7) is 2.38. The number of carboxylic acid groups (broad SMARTS) is 1. The Morgan fingerprint density at radius 2 is 1.71 bits per heavy atom. The van der Waals surface area contributed by atoms with E-state index in [0.717, 1.165) is 28.7 Å². The molecule has 8 heteroatoms. The highest BCUT2D eigenvalue weighted by Gasteiger charge is 2.38. The van der Waals surface area contributed by atoms with Crippen LogP contribution in [0.3, 0.4) is 0 Å². The smallest absolute Gasteiger partial charge is 0.407 e. The number of hydrogen-bond donors (Lipinski definition) is 2. The first-order valence-corrected chi connectivity index (χ1v) is 11.6. The molecule has 2 amide bonds. The largest absolute Gasteiger partial charge is 0.480 e. The van der Waals surface area contributed by atoms with Crippen molar-refractivity contribution in [3.63, 3.8) is 0 Å². The molecule has 1 fully saturated rings. The topological polar surface area (TPSA) is 105 Å². The summed E-state index contributed by atoms with van der Waals surface area (Å²) in [5, 5.41) is 12.1. The van der Waals surface area contributed by atoms with Crippen LogP contribution in [0, 0.1) is 5.92 Å². The normalized spacial score (nSPS) is 20.2. The summed E-state index contributed by atoms with van der Waals surface area (Å²) in [4.78, 5) is 38.4. The van der Waals surface area contributed by atoms with Crippen molar-refractivity contribution < 1.29 is 29.0 Å². The summed E-state index contributed by atoms with van der Waals surface area (Å²) in [6, 6.07) is 15.2. The number of carbonyl (C=O) groups excluding carboxylic acids is 2. The summed E-state index contributed by atoms with van der Waals surface area (Å²) in [7, 11) is 1.37. The van der Waals surface area contributed by atoms with Crippen molar-refractivity contribution >= 4 is 18.0 Å². The molecule has 0 saturated carbocycles. The monoisotopic (exact) mass is 466 g/mol. The van der Waals surface area contributed by atoms with Gasteiger partial charge in [-0.25, -0.2) is 9.59 Å². The third-order valence-corrected chi connectivity index (χ3v) is 6.77. The average molecular weight is 467 g/mol. The van der Waals surface area contributed by atoms with Crippen molar-refractivity contribution in [2.24, 2.45) is 5.92 Å². The number of nitrogens with zero attached hydrogens (tertiary/aromatic N) is 1. The van der Waals surface area contributed by atoms with Gasteiger partial charge >= 0.3 is 12.1 Å². The molecule has 4 rings (SSSR count). The minimum atomic E-state index is -1.03. The molecule has 2 aromatic rings. The van der Waals surface area contributed by atoms with E-state index in [0.29, 0.717) is 13.0 Å². The van der Waals surface area contributed by atoms with Crippen LogP contribution < -0.4 is 5.32 Å². The molecule has 34 heavy (non-hydrogen) atoms. The molecular weight excluding hydrogens is 436 g/mol. The van der Waals surface area contributed by atoms with Crippen LogP contribution in [0.1, 0.15) is 36.8 Å². The number of carboxylic acids is 1. The first-order valence-electron chi connectivity index (χ1n) is 11.6. The van der Waals surface area contributed by atoms with Gasteiger partial charge in [0.25, 0.3) is 5.91 Å². The number of fused-ring (bicyclic) bond motifs is 3. The van der Waals surface area contributed by atoms with Crippen LogP contribution in [-0.2, 0) is 19.1 Å². The SMILES string of the molecule is COC(CNC(=O)OCC1c2ccccc2-c2ccccc21)C(=O)N1CCC(C)CC1C(=O)O. The van der Waals surface area contributed by atoms with E-state index in [-0.39, 0.29) is 25.0 Å². The second-order valence-corrected chi connectivity index (χ2v) is 8.95. The van der Waals surface area contributed by atoms with Gasteiger partial charge in [-0.3, -0.25) is 4.79 Å². The number of piperidine rings is 1. The molecule has 180 valence electrons. The van der Waals surface area contributed by atoms with Crippen LogP contribution in [-0.4, -0.2) is 66.9 Å². The van der Waals surface area contributed by atoms with Crippen LogP contribution in [0.25, 0.3) is 11.1 Å². The third-order valence-electron chi connectivity index (χ3n) is 6.77. The van der Waals surface area contributed by atoms with Crippen molar-refractivity contribution in [2.45, 2.75) is 37.8 Å². The number of carbonyl (C=O) groups is 3. The van der Waals surface area contributed by atoms with E-state index >= 15 is 0 Å². The number of alkyl carbamates (subject to hydrolysis) is 1. The lowest BCUT2D eigenvalue weighted by Crippen LogP contribution is -2.55. The fraction of sp³-hybridized carbons (Fsp3) is 0.423. The number of methoxy groups -OCH3 is 1. The van der Waals surface area contributed by atoms with Crippen molar-refractivity contribution in [1.29, 1.82) is 0 Å². The van der Waals surface area contributed by atoms with Gasteiger partial charge in [-0.05, 0) is 41.0 Å². The van der Waals surface area contributed by atoms with Crippen molar-refractivity contribution in [2.75, 3.05) is 26.8 Å². The molecule has 0 spiro atoms. The molecule has 3 unspecified atom stereocenters. The Bertz CT molecular complexity index is 1030. The molecule has 3 atom stereocenters. The molecule has 1 aliphatic heterocycles. The summed E-state index contributed by atoms with van der Waals surface area (Å²) in [5.74, 6) is -1.31. The zero-order chi connectivity index (χ0) is 24.2. The standard InChI is InChI=1S/C26H30N2O6/c1-16-11-12-28(22(13-16)25(30)31)24(29)23(33-2)14-27-26(32)34-15-21-19-9-5-3-7-17(19)18-8-4-6-10-20(18)21/h3-10,16,21-23H,11-15H2,1-2H3,(H,27,32)(H,30,31). The lowest BCUT2D eigenvalue weighted by molar-refractivity contribution is -0.158. The van der Waals surface area contributed by atoms with Gasteiger partial charge in [0, 0.05) is 19.6 Å². The Morgan fingerprint density at radius 3 is 2.29 bits per heavy atom. The van der Waals surface area contributed by atoms with Gasteiger partial charge in [0.1, 0.15) is 12.6 Å². The van der Waals surface area contributed by atoms with E-state index < -0.39 is 30.1 Å². The third kappa shape index (κ3) is 4.77. The van der Waals surface area contributed by atoms with Crippen LogP contribution in [0.15, 0.2) is 48.5 Å². The second-order valence-electron chi connectivity index (χ2n) is 8.95. The minimum absolute atomic E-state index is 0.0651. The van der Waals surface area contributed by atoms with Gasteiger partial charge in [-0.15, -0.1) is 0 Å². The predicted molar refractivity (Wildman–Crippen MR) is 125 cm³/mol. The van der Waals surface area contributed by atoms with Gasteiger partial charge in [-0.1, -0.05) is 55.5 Å². The van der Waals surface area contributed by atoms with Gasteiger partial charge in [0.15, 0.2) is 6.10 Å². The highest BCUT2D eigenvalue weighted by Crippen LogP contribution is 2.44. The zero-order valence-electron chi connectivity index (χ0n) is 19.4. The maximum atomic E-state index is 13.0. The predicted octanol–water partition coefficient (Wildman–Crippen LogP) is 3.25.